The maximum absolute atomic E-state index is 10.4. The van der Waals surface area contributed by atoms with Gasteiger partial charge in [0.05, 0.1) is 6.10 Å². The van der Waals surface area contributed by atoms with Crippen LogP contribution in [0.15, 0.2) is 12.2 Å². The van der Waals surface area contributed by atoms with Crippen molar-refractivity contribution in [2.45, 2.75) is 32.8 Å². The first-order valence-corrected chi connectivity index (χ1v) is 4.05. The second-order valence-electron chi connectivity index (χ2n) is 3.16. The molecule has 0 aromatic heterocycles. The standard InChI is InChI=1S/C9H16O3/c1-6(4-5-7(2)10)8(3)9(11)12/h6-7,10H,3-5H2,1-2H3,(H,11,12). The normalized spacial score (nSPS) is 15.2. The third-order valence-electron chi connectivity index (χ3n) is 1.89. The molecule has 0 aliphatic rings. The molecule has 0 amide bonds. The number of hydrogen-bond acceptors (Lipinski definition) is 2. The first-order valence-electron chi connectivity index (χ1n) is 4.05. The maximum atomic E-state index is 10.4. The average molecular weight is 172 g/mol. The smallest absolute Gasteiger partial charge is 0.331 e. The molecule has 0 rings (SSSR count). The zero-order valence-corrected chi connectivity index (χ0v) is 7.58. The summed E-state index contributed by atoms with van der Waals surface area (Å²) in [6, 6.07) is 0. The Hall–Kier alpha value is -0.830. The van der Waals surface area contributed by atoms with Crippen molar-refractivity contribution in [3.8, 4) is 0 Å². The maximum Gasteiger partial charge on any atom is 0.331 e. The topological polar surface area (TPSA) is 57.5 Å². The molecule has 2 unspecified atom stereocenters. The van der Waals surface area contributed by atoms with Crippen LogP contribution in [0.5, 0.6) is 0 Å². The number of carboxylic acid groups (broad SMARTS) is 1. The number of hydrogen-bond donors (Lipinski definition) is 2. The third kappa shape index (κ3) is 4.13. The summed E-state index contributed by atoms with van der Waals surface area (Å²) in [6.07, 6.45) is 0.921. The molecule has 3 heteroatoms. The predicted octanol–water partition coefficient (Wildman–Crippen LogP) is 1.42. The highest BCUT2D eigenvalue weighted by molar-refractivity contribution is 5.86. The van der Waals surface area contributed by atoms with E-state index >= 15 is 0 Å². The Morgan fingerprint density at radius 2 is 1.92 bits per heavy atom. The van der Waals surface area contributed by atoms with Crippen molar-refractivity contribution >= 4 is 5.97 Å². The van der Waals surface area contributed by atoms with Crippen LogP contribution in [0.4, 0.5) is 0 Å². The lowest BCUT2D eigenvalue weighted by Gasteiger charge is -2.11. The fraction of sp³-hybridized carbons (Fsp3) is 0.667. The first kappa shape index (κ1) is 11.2. The van der Waals surface area contributed by atoms with Crippen molar-refractivity contribution in [2.75, 3.05) is 0 Å². The van der Waals surface area contributed by atoms with Crippen LogP contribution in [-0.2, 0) is 4.79 Å². The zero-order chi connectivity index (χ0) is 9.72. The fourth-order valence-electron chi connectivity index (χ4n) is 0.876. The number of carbonyl (C=O) groups is 1. The predicted molar refractivity (Wildman–Crippen MR) is 46.9 cm³/mol. The molecule has 0 aromatic rings. The number of rotatable bonds is 5. The Bertz CT molecular complexity index is 173. The van der Waals surface area contributed by atoms with E-state index < -0.39 is 5.97 Å². The lowest BCUT2D eigenvalue weighted by Crippen LogP contribution is -2.11. The van der Waals surface area contributed by atoms with Gasteiger partial charge in [0, 0.05) is 5.57 Å². The summed E-state index contributed by atoms with van der Waals surface area (Å²) in [5.74, 6) is -1.01. The van der Waals surface area contributed by atoms with Gasteiger partial charge in [0.15, 0.2) is 0 Å². The molecule has 2 N–H and O–H groups in total. The molecule has 0 heterocycles. The van der Waals surface area contributed by atoms with E-state index in [1.807, 2.05) is 0 Å². The quantitative estimate of drug-likeness (QED) is 0.617. The molecule has 0 saturated heterocycles. The van der Waals surface area contributed by atoms with E-state index in [9.17, 15) is 4.79 Å². The first-order chi connectivity index (χ1) is 5.45. The lowest BCUT2D eigenvalue weighted by molar-refractivity contribution is -0.133. The Kier molecular flexibility index (Phi) is 4.59. The van der Waals surface area contributed by atoms with Crippen LogP contribution < -0.4 is 0 Å². The summed E-state index contributed by atoms with van der Waals surface area (Å²) in [6.45, 7) is 6.95. The molecule has 0 bridgehead atoms. The van der Waals surface area contributed by atoms with Crippen LogP contribution >= 0.6 is 0 Å². The van der Waals surface area contributed by atoms with Crippen molar-refractivity contribution in [1.82, 2.24) is 0 Å². The van der Waals surface area contributed by atoms with E-state index in [1.165, 1.54) is 0 Å². The second-order valence-corrected chi connectivity index (χ2v) is 3.16. The van der Waals surface area contributed by atoms with Crippen molar-refractivity contribution in [3.63, 3.8) is 0 Å². The summed E-state index contributed by atoms with van der Waals surface area (Å²) in [7, 11) is 0. The third-order valence-corrected chi connectivity index (χ3v) is 1.89. The molecule has 0 aliphatic heterocycles. The van der Waals surface area contributed by atoms with Crippen molar-refractivity contribution in [3.05, 3.63) is 12.2 Å². The number of carboxylic acids is 1. The van der Waals surface area contributed by atoms with E-state index in [1.54, 1.807) is 13.8 Å². The van der Waals surface area contributed by atoms with Crippen LogP contribution in [0.1, 0.15) is 26.7 Å². The minimum atomic E-state index is -0.951. The Morgan fingerprint density at radius 3 is 2.25 bits per heavy atom. The molecule has 2 atom stereocenters. The lowest BCUT2D eigenvalue weighted by atomic mass is 9.96. The van der Waals surface area contributed by atoms with E-state index in [-0.39, 0.29) is 17.6 Å². The van der Waals surface area contributed by atoms with Gasteiger partial charge in [-0.2, -0.15) is 0 Å². The Labute approximate surface area is 72.7 Å². The van der Waals surface area contributed by atoms with Gasteiger partial charge < -0.3 is 10.2 Å². The van der Waals surface area contributed by atoms with Crippen molar-refractivity contribution in [2.24, 2.45) is 5.92 Å². The fourth-order valence-corrected chi connectivity index (χ4v) is 0.876. The molecule has 12 heavy (non-hydrogen) atoms. The highest BCUT2D eigenvalue weighted by Crippen LogP contribution is 2.15. The molecule has 0 fully saturated rings. The van der Waals surface area contributed by atoms with E-state index in [0.29, 0.717) is 12.8 Å². The van der Waals surface area contributed by atoms with Crippen LogP contribution in [0.2, 0.25) is 0 Å². The van der Waals surface area contributed by atoms with E-state index in [2.05, 4.69) is 6.58 Å². The molecule has 70 valence electrons. The van der Waals surface area contributed by atoms with Gasteiger partial charge in [0.1, 0.15) is 0 Å². The SMILES string of the molecule is C=C(C(=O)O)C(C)CCC(C)O. The molecule has 3 nitrogen and oxygen atoms in total. The number of aliphatic hydroxyl groups is 1. The van der Waals surface area contributed by atoms with E-state index in [4.69, 9.17) is 10.2 Å². The van der Waals surface area contributed by atoms with Gasteiger partial charge in [0.2, 0.25) is 0 Å². The van der Waals surface area contributed by atoms with Crippen LogP contribution in [0, 0.1) is 5.92 Å². The van der Waals surface area contributed by atoms with Crippen LogP contribution in [-0.4, -0.2) is 22.3 Å². The minimum absolute atomic E-state index is 0.0582. The molecule has 0 aliphatic carbocycles. The monoisotopic (exact) mass is 172 g/mol. The van der Waals surface area contributed by atoms with Gasteiger partial charge in [-0.05, 0) is 25.7 Å². The molecule has 0 radical (unpaired) electrons. The minimum Gasteiger partial charge on any atom is -0.478 e. The Morgan fingerprint density at radius 1 is 1.42 bits per heavy atom. The van der Waals surface area contributed by atoms with Crippen LogP contribution in [0.3, 0.4) is 0 Å². The molecular weight excluding hydrogens is 156 g/mol. The van der Waals surface area contributed by atoms with E-state index in [0.717, 1.165) is 0 Å². The van der Waals surface area contributed by atoms with Crippen LogP contribution in [0.25, 0.3) is 0 Å². The number of aliphatic carboxylic acids is 1. The van der Waals surface area contributed by atoms with Gasteiger partial charge >= 0.3 is 5.97 Å². The summed E-state index contributed by atoms with van der Waals surface area (Å²) < 4.78 is 0. The van der Waals surface area contributed by atoms with Gasteiger partial charge in [-0.3, -0.25) is 0 Å². The Balaban J connectivity index is 3.80. The van der Waals surface area contributed by atoms with Gasteiger partial charge in [-0.25, -0.2) is 4.79 Å². The van der Waals surface area contributed by atoms with Crippen molar-refractivity contribution < 1.29 is 15.0 Å². The average Bonchev–Trinajstić information content (AvgIpc) is 1.98. The summed E-state index contributed by atoms with van der Waals surface area (Å²) >= 11 is 0. The largest absolute Gasteiger partial charge is 0.478 e. The van der Waals surface area contributed by atoms with Gasteiger partial charge in [-0.1, -0.05) is 13.5 Å². The summed E-state index contributed by atoms with van der Waals surface area (Å²) in [5, 5.41) is 17.5. The zero-order valence-electron chi connectivity index (χ0n) is 7.58. The molecule has 0 saturated carbocycles. The van der Waals surface area contributed by atoms with Crippen molar-refractivity contribution in [1.29, 1.82) is 0 Å². The highest BCUT2D eigenvalue weighted by Gasteiger charge is 2.13. The molecule has 0 spiro atoms. The van der Waals surface area contributed by atoms with Gasteiger partial charge in [-0.15, -0.1) is 0 Å². The molecule has 0 aromatic carbocycles. The summed E-state index contributed by atoms with van der Waals surface area (Å²) in [4.78, 5) is 10.4. The number of aliphatic hydroxyl groups excluding tert-OH is 1. The highest BCUT2D eigenvalue weighted by atomic mass is 16.4. The second kappa shape index (κ2) is 4.93. The summed E-state index contributed by atoms with van der Waals surface area (Å²) in [5.41, 5.74) is 0.218. The van der Waals surface area contributed by atoms with Gasteiger partial charge in [0.25, 0.3) is 0 Å². The molecular formula is C9H16O3.